The van der Waals surface area contributed by atoms with Crippen LogP contribution >= 0.6 is 0 Å². The Balaban J connectivity index is 1.88. The quantitative estimate of drug-likeness (QED) is 0.814. The van der Waals surface area contributed by atoms with Gasteiger partial charge in [-0.25, -0.2) is 4.79 Å². The topological polar surface area (TPSA) is 42.7 Å². The van der Waals surface area contributed by atoms with E-state index in [-0.39, 0.29) is 5.63 Å². The van der Waals surface area contributed by atoms with Gasteiger partial charge in [0.05, 0.1) is 6.10 Å². The van der Waals surface area contributed by atoms with Gasteiger partial charge in [-0.3, -0.25) is 4.90 Å². The van der Waals surface area contributed by atoms with E-state index < -0.39 is 0 Å². The SMILES string of the molecule is Cc1cc2oc(=O)cc(CN(C)CC3CCCO3)c2cc1C. The standard InChI is InChI=1S/C18H23NO3/c1-12-7-16-14(9-18(20)22-17(16)8-13(12)2)10-19(3)11-15-5-4-6-21-15/h7-9,15H,4-6,10-11H2,1-3H3. The Labute approximate surface area is 130 Å². The third-order valence-electron chi connectivity index (χ3n) is 4.42. The number of hydrogen-bond donors (Lipinski definition) is 0. The second-order valence-corrected chi connectivity index (χ2v) is 6.36. The van der Waals surface area contributed by atoms with Crippen molar-refractivity contribution in [2.45, 2.75) is 39.3 Å². The fourth-order valence-electron chi connectivity index (χ4n) is 3.11. The van der Waals surface area contributed by atoms with Gasteiger partial charge in [-0.05, 0) is 62.6 Å². The number of likely N-dealkylation sites (N-methyl/N-ethyl adjacent to an activating group) is 1. The van der Waals surface area contributed by atoms with Gasteiger partial charge in [0.1, 0.15) is 5.58 Å². The van der Waals surface area contributed by atoms with Crippen LogP contribution < -0.4 is 5.63 Å². The minimum absolute atomic E-state index is 0.281. The molecule has 0 N–H and O–H groups in total. The van der Waals surface area contributed by atoms with E-state index in [4.69, 9.17) is 9.15 Å². The number of fused-ring (bicyclic) bond motifs is 1. The normalized spacial score (nSPS) is 18.5. The summed E-state index contributed by atoms with van der Waals surface area (Å²) in [5, 5.41) is 1.03. The third kappa shape index (κ3) is 3.23. The molecule has 2 heterocycles. The molecule has 22 heavy (non-hydrogen) atoms. The average molecular weight is 301 g/mol. The van der Waals surface area contributed by atoms with E-state index >= 15 is 0 Å². The zero-order chi connectivity index (χ0) is 15.7. The van der Waals surface area contributed by atoms with Gasteiger partial charge in [0.25, 0.3) is 0 Å². The monoisotopic (exact) mass is 301 g/mol. The summed E-state index contributed by atoms with van der Waals surface area (Å²) in [6.07, 6.45) is 2.59. The van der Waals surface area contributed by atoms with Crippen molar-refractivity contribution in [1.82, 2.24) is 4.90 Å². The fourth-order valence-corrected chi connectivity index (χ4v) is 3.11. The second-order valence-electron chi connectivity index (χ2n) is 6.36. The first-order valence-corrected chi connectivity index (χ1v) is 7.87. The van der Waals surface area contributed by atoms with Crippen LogP contribution in [0.1, 0.15) is 29.5 Å². The van der Waals surface area contributed by atoms with Crippen LogP contribution in [0.15, 0.2) is 27.4 Å². The molecule has 1 unspecified atom stereocenters. The van der Waals surface area contributed by atoms with Crippen molar-refractivity contribution in [3.63, 3.8) is 0 Å². The Morgan fingerprint density at radius 1 is 1.23 bits per heavy atom. The molecule has 2 aromatic rings. The largest absolute Gasteiger partial charge is 0.423 e. The Morgan fingerprint density at radius 3 is 2.73 bits per heavy atom. The van der Waals surface area contributed by atoms with Crippen molar-refractivity contribution in [1.29, 1.82) is 0 Å². The summed E-state index contributed by atoms with van der Waals surface area (Å²) < 4.78 is 11.0. The molecule has 118 valence electrons. The number of rotatable bonds is 4. The predicted octanol–water partition coefficient (Wildman–Crippen LogP) is 3.02. The molecule has 3 rings (SSSR count). The molecule has 1 atom stereocenters. The van der Waals surface area contributed by atoms with Crippen molar-refractivity contribution in [2.75, 3.05) is 20.2 Å². The summed E-state index contributed by atoms with van der Waals surface area (Å²) in [5.74, 6) is 0. The molecule has 0 saturated carbocycles. The van der Waals surface area contributed by atoms with E-state index in [0.717, 1.165) is 49.1 Å². The molecular weight excluding hydrogens is 278 g/mol. The van der Waals surface area contributed by atoms with Crippen molar-refractivity contribution >= 4 is 11.0 Å². The molecule has 1 aromatic heterocycles. The van der Waals surface area contributed by atoms with Gasteiger partial charge in [-0.1, -0.05) is 0 Å². The zero-order valence-corrected chi connectivity index (χ0v) is 13.5. The van der Waals surface area contributed by atoms with Crippen LogP contribution in [0.25, 0.3) is 11.0 Å². The van der Waals surface area contributed by atoms with Crippen molar-refractivity contribution in [2.24, 2.45) is 0 Å². The highest BCUT2D eigenvalue weighted by atomic mass is 16.5. The van der Waals surface area contributed by atoms with Gasteiger partial charge < -0.3 is 9.15 Å². The molecule has 1 fully saturated rings. The van der Waals surface area contributed by atoms with E-state index in [1.807, 2.05) is 13.0 Å². The molecule has 0 amide bonds. The van der Waals surface area contributed by atoms with Crippen LogP contribution in [0.2, 0.25) is 0 Å². The summed E-state index contributed by atoms with van der Waals surface area (Å²) in [6, 6.07) is 5.68. The van der Waals surface area contributed by atoms with Crippen LogP contribution in [0.5, 0.6) is 0 Å². The maximum atomic E-state index is 11.8. The van der Waals surface area contributed by atoms with Crippen LogP contribution in [0.4, 0.5) is 0 Å². The summed E-state index contributed by atoms with van der Waals surface area (Å²) in [4.78, 5) is 14.0. The van der Waals surface area contributed by atoms with E-state index in [1.165, 1.54) is 5.56 Å². The van der Waals surface area contributed by atoms with E-state index in [9.17, 15) is 4.79 Å². The molecule has 0 spiro atoms. The number of aryl methyl sites for hydroxylation is 2. The lowest BCUT2D eigenvalue weighted by Gasteiger charge is -2.21. The first kappa shape index (κ1) is 15.3. The molecular formula is C18H23NO3. The minimum Gasteiger partial charge on any atom is -0.423 e. The molecule has 1 aliphatic rings. The maximum Gasteiger partial charge on any atom is 0.336 e. The van der Waals surface area contributed by atoms with Gasteiger partial charge in [0.15, 0.2) is 0 Å². The Morgan fingerprint density at radius 2 is 2.00 bits per heavy atom. The molecule has 4 heteroatoms. The lowest BCUT2D eigenvalue weighted by molar-refractivity contribution is 0.0794. The van der Waals surface area contributed by atoms with Crippen molar-refractivity contribution < 1.29 is 9.15 Å². The van der Waals surface area contributed by atoms with Crippen molar-refractivity contribution in [3.8, 4) is 0 Å². The van der Waals surface area contributed by atoms with E-state index in [0.29, 0.717) is 11.7 Å². The molecule has 1 saturated heterocycles. The predicted molar refractivity (Wildman–Crippen MR) is 87.3 cm³/mol. The number of hydrogen-bond acceptors (Lipinski definition) is 4. The van der Waals surface area contributed by atoms with E-state index in [2.05, 4.69) is 24.9 Å². The highest BCUT2D eigenvalue weighted by Gasteiger charge is 2.18. The van der Waals surface area contributed by atoms with Crippen LogP contribution in [0.3, 0.4) is 0 Å². The second kappa shape index (κ2) is 6.23. The molecule has 4 nitrogen and oxygen atoms in total. The number of benzene rings is 1. The lowest BCUT2D eigenvalue weighted by atomic mass is 10.0. The fraction of sp³-hybridized carbons (Fsp3) is 0.500. The average Bonchev–Trinajstić information content (AvgIpc) is 2.93. The first-order chi connectivity index (χ1) is 10.5. The smallest absolute Gasteiger partial charge is 0.336 e. The van der Waals surface area contributed by atoms with Gasteiger partial charge in [0, 0.05) is 31.1 Å². The highest BCUT2D eigenvalue weighted by molar-refractivity contribution is 5.81. The molecule has 1 aromatic carbocycles. The summed E-state index contributed by atoms with van der Waals surface area (Å²) >= 11 is 0. The molecule has 0 aliphatic carbocycles. The van der Waals surface area contributed by atoms with Gasteiger partial charge in [-0.15, -0.1) is 0 Å². The van der Waals surface area contributed by atoms with Crippen molar-refractivity contribution in [3.05, 3.63) is 45.3 Å². The van der Waals surface area contributed by atoms with Crippen LogP contribution in [-0.2, 0) is 11.3 Å². The highest BCUT2D eigenvalue weighted by Crippen LogP contribution is 2.23. The molecule has 0 radical (unpaired) electrons. The van der Waals surface area contributed by atoms with Gasteiger partial charge >= 0.3 is 5.63 Å². The summed E-state index contributed by atoms with van der Waals surface area (Å²) in [5.41, 5.74) is 3.77. The maximum absolute atomic E-state index is 11.8. The summed E-state index contributed by atoms with van der Waals surface area (Å²) in [7, 11) is 2.07. The van der Waals surface area contributed by atoms with E-state index in [1.54, 1.807) is 6.07 Å². The summed E-state index contributed by atoms with van der Waals surface area (Å²) in [6.45, 7) is 6.61. The minimum atomic E-state index is -0.281. The Kier molecular flexibility index (Phi) is 4.32. The zero-order valence-electron chi connectivity index (χ0n) is 13.5. The molecule has 0 bridgehead atoms. The molecule has 1 aliphatic heterocycles. The van der Waals surface area contributed by atoms with Crippen LogP contribution in [-0.4, -0.2) is 31.2 Å². The third-order valence-corrected chi connectivity index (χ3v) is 4.42. The lowest BCUT2D eigenvalue weighted by Crippen LogP contribution is -2.28. The first-order valence-electron chi connectivity index (χ1n) is 7.87. The number of ether oxygens (including phenoxy) is 1. The van der Waals surface area contributed by atoms with Gasteiger partial charge in [-0.2, -0.15) is 0 Å². The Bertz CT molecular complexity index is 729. The van der Waals surface area contributed by atoms with Crippen LogP contribution in [0, 0.1) is 13.8 Å². The Hall–Kier alpha value is -1.65. The number of nitrogens with zero attached hydrogens (tertiary/aromatic N) is 1. The van der Waals surface area contributed by atoms with Gasteiger partial charge in [0.2, 0.25) is 0 Å².